The van der Waals surface area contributed by atoms with Gasteiger partial charge in [0.25, 0.3) is 0 Å². The van der Waals surface area contributed by atoms with Crippen molar-refractivity contribution < 1.29 is 35.9 Å². The largest absolute Gasteiger partial charge is 0.480 e. The number of sulfonamides is 1. The highest BCUT2D eigenvalue weighted by Crippen LogP contribution is 2.31. The molecule has 0 radical (unpaired) electrons. The molecule has 20 heavy (non-hydrogen) atoms. The van der Waals surface area contributed by atoms with Crippen LogP contribution in [0.1, 0.15) is 12.5 Å². The fraction of sp³-hybridized carbons (Fsp3) is 0.300. The Morgan fingerprint density at radius 2 is 1.90 bits per heavy atom. The third-order valence-electron chi connectivity index (χ3n) is 2.25. The summed E-state index contributed by atoms with van der Waals surface area (Å²) in [4.78, 5) is 9.26. The number of rotatable bonds is 4. The first kappa shape index (κ1) is 16.4. The predicted octanol–water partition coefficient (Wildman–Crippen LogP) is 1.60. The van der Waals surface area contributed by atoms with Gasteiger partial charge in [0, 0.05) is 0 Å². The number of carbonyl (C=O) groups is 1. The summed E-state index contributed by atoms with van der Waals surface area (Å²) in [6.07, 6.45) is -4.85. The van der Waals surface area contributed by atoms with Crippen molar-refractivity contribution >= 4 is 16.0 Å². The normalized spacial score (nSPS) is 14.1. The molecule has 0 amide bonds. The van der Waals surface area contributed by atoms with E-state index in [1.54, 1.807) is 4.72 Å². The van der Waals surface area contributed by atoms with Crippen molar-refractivity contribution in [3.63, 3.8) is 0 Å². The second kappa shape index (κ2) is 5.37. The topological polar surface area (TPSA) is 83.5 Å². The maximum Gasteiger partial charge on any atom is 0.416 e. The predicted molar refractivity (Wildman–Crippen MR) is 58.8 cm³/mol. The third-order valence-corrected chi connectivity index (χ3v) is 3.81. The van der Waals surface area contributed by atoms with Gasteiger partial charge in [0.2, 0.25) is 10.0 Å². The minimum atomic E-state index is -4.85. The molecule has 0 aromatic heterocycles. The summed E-state index contributed by atoms with van der Waals surface area (Å²) in [5.41, 5.74) is -1.36. The molecule has 0 saturated carbocycles. The van der Waals surface area contributed by atoms with Gasteiger partial charge in [-0.3, -0.25) is 4.79 Å². The molecule has 112 valence electrons. The number of nitrogens with one attached hydrogen (secondary N) is 1. The van der Waals surface area contributed by atoms with Crippen LogP contribution in [0.25, 0.3) is 0 Å². The van der Waals surface area contributed by atoms with Gasteiger partial charge >= 0.3 is 12.1 Å². The standard InChI is InChI=1S/C10H9F4NO4S/c1-5(9(16)17)15-20(18,19)8-4-6(10(12,13)14)2-3-7(8)11/h2-5,15H,1H3,(H,16,17)/t5-/m0/s1. The van der Waals surface area contributed by atoms with Crippen LogP contribution in [0, 0.1) is 5.82 Å². The molecule has 1 aromatic carbocycles. The van der Waals surface area contributed by atoms with E-state index in [9.17, 15) is 30.8 Å². The fourth-order valence-corrected chi connectivity index (χ4v) is 2.53. The average Bonchev–Trinajstić information content (AvgIpc) is 2.26. The van der Waals surface area contributed by atoms with Gasteiger partial charge in [-0.2, -0.15) is 17.9 Å². The monoisotopic (exact) mass is 315 g/mol. The maximum absolute atomic E-state index is 13.4. The molecule has 0 aliphatic rings. The van der Waals surface area contributed by atoms with Crippen molar-refractivity contribution in [3.05, 3.63) is 29.6 Å². The first-order chi connectivity index (χ1) is 8.95. The van der Waals surface area contributed by atoms with E-state index >= 15 is 0 Å². The zero-order chi connectivity index (χ0) is 15.7. The zero-order valence-electron chi connectivity index (χ0n) is 9.90. The van der Waals surface area contributed by atoms with Crippen molar-refractivity contribution in [3.8, 4) is 0 Å². The van der Waals surface area contributed by atoms with Crippen molar-refractivity contribution in [2.24, 2.45) is 0 Å². The van der Waals surface area contributed by atoms with Gasteiger partial charge in [-0.05, 0) is 25.1 Å². The van der Waals surface area contributed by atoms with Gasteiger partial charge < -0.3 is 5.11 Å². The molecule has 0 unspecified atom stereocenters. The van der Waals surface area contributed by atoms with Gasteiger partial charge in [-0.15, -0.1) is 0 Å². The lowest BCUT2D eigenvalue weighted by atomic mass is 10.2. The van der Waals surface area contributed by atoms with Crippen LogP contribution in [0.3, 0.4) is 0 Å². The quantitative estimate of drug-likeness (QED) is 0.827. The van der Waals surface area contributed by atoms with Crippen LogP contribution in [-0.2, 0) is 21.0 Å². The molecular formula is C10H9F4NO4S. The lowest BCUT2D eigenvalue weighted by molar-refractivity contribution is -0.139. The van der Waals surface area contributed by atoms with Crippen LogP contribution in [0.2, 0.25) is 0 Å². The van der Waals surface area contributed by atoms with Crippen LogP contribution in [-0.4, -0.2) is 25.5 Å². The fourth-order valence-electron chi connectivity index (χ4n) is 1.23. The summed E-state index contributed by atoms with van der Waals surface area (Å²) in [5.74, 6) is -2.97. The number of hydrogen-bond acceptors (Lipinski definition) is 3. The van der Waals surface area contributed by atoms with E-state index in [0.29, 0.717) is 12.1 Å². The molecule has 1 rings (SSSR count). The summed E-state index contributed by atoms with van der Waals surface area (Å²) >= 11 is 0. The van der Waals surface area contributed by atoms with E-state index in [0.717, 1.165) is 6.92 Å². The molecule has 1 atom stereocenters. The summed E-state index contributed by atoms with van der Waals surface area (Å²) in [5, 5.41) is 8.54. The lowest BCUT2D eigenvalue weighted by Gasteiger charge is -2.13. The van der Waals surface area contributed by atoms with E-state index < -0.39 is 44.5 Å². The molecule has 0 bridgehead atoms. The molecule has 0 aliphatic carbocycles. The van der Waals surface area contributed by atoms with Crippen LogP contribution >= 0.6 is 0 Å². The maximum atomic E-state index is 13.4. The first-order valence-electron chi connectivity index (χ1n) is 5.07. The van der Waals surface area contributed by atoms with E-state index in [2.05, 4.69) is 0 Å². The number of carboxylic acid groups (broad SMARTS) is 1. The molecule has 0 heterocycles. The van der Waals surface area contributed by atoms with Crippen molar-refractivity contribution in [2.75, 3.05) is 0 Å². The molecule has 0 aliphatic heterocycles. The summed E-state index contributed by atoms with van der Waals surface area (Å²) in [7, 11) is -4.72. The van der Waals surface area contributed by atoms with Crippen LogP contribution in [0.15, 0.2) is 23.1 Å². The van der Waals surface area contributed by atoms with E-state index in [4.69, 9.17) is 5.11 Å². The highest BCUT2D eigenvalue weighted by molar-refractivity contribution is 7.89. The second-order valence-electron chi connectivity index (χ2n) is 3.82. The zero-order valence-corrected chi connectivity index (χ0v) is 10.7. The first-order valence-corrected chi connectivity index (χ1v) is 6.55. The molecule has 5 nitrogen and oxygen atoms in total. The Labute approximate surface area is 111 Å². The van der Waals surface area contributed by atoms with Crippen LogP contribution < -0.4 is 4.72 Å². The summed E-state index contributed by atoms with van der Waals surface area (Å²) in [6, 6.07) is -0.779. The highest BCUT2D eigenvalue weighted by Gasteiger charge is 2.33. The third kappa shape index (κ3) is 3.67. The number of carboxylic acids is 1. The second-order valence-corrected chi connectivity index (χ2v) is 5.51. The minimum Gasteiger partial charge on any atom is -0.480 e. The number of benzene rings is 1. The van der Waals surface area contributed by atoms with E-state index in [1.807, 2.05) is 0 Å². The Hall–Kier alpha value is -1.68. The Morgan fingerprint density at radius 3 is 2.35 bits per heavy atom. The molecule has 0 spiro atoms. The molecule has 2 N–H and O–H groups in total. The molecular weight excluding hydrogens is 306 g/mol. The summed E-state index contributed by atoms with van der Waals surface area (Å²) < 4.78 is 75.6. The van der Waals surface area contributed by atoms with E-state index in [1.165, 1.54) is 0 Å². The lowest BCUT2D eigenvalue weighted by Crippen LogP contribution is -2.38. The van der Waals surface area contributed by atoms with Gasteiger partial charge in [0.1, 0.15) is 16.8 Å². The summed E-state index contributed by atoms with van der Waals surface area (Å²) in [6.45, 7) is 0.950. The van der Waals surface area contributed by atoms with Gasteiger partial charge in [-0.25, -0.2) is 12.8 Å². The Kier molecular flexibility index (Phi) is 4.39. The Balaban J connectivity index is 3.28. The number of hydrogen-bond donors (Lipinski definition) is 2. The molecule has 10 heteroatoms. The molecule has 1 aromatic rings. The van der Waals surface area contributed by atoms with Crippen LogP contribution in [0.4, 0.5) is 17.6 Å². The Bertz CT molecular complexity index is 627. The number of aliphatic carboxylic acids is 1. The Morgan fingerprint density at radius 1 is 1.35 bits per heavy atom. The van der Waals surface area contributed by atoms with Gasteiger partial charge in [0.15, 0.2) is 0 Å². The van der Waals surface area contributed by atoms with Gasteiger partial charge in [-0.1, -0.05) is 0 Å². The minimum absolute atomic E-state index is 0.103. The van der Waals surface area contributed by atoms with Crippen molar-refractivity contribution in [2.45, 2.75) is 24.0 Å². The number of alkyl halides is 3. The van der Waals surface area contributed by atoms with Crippen molar-refractivity contribution in [1.29, 1.82) is 0 Å². The number of halogens is 4. The van der Waals surface area contributed by atoms with Gasteiger partial charge in [0.05, 0.1) is 5.56 Å². The smallest absolute Gasteiger partial charge is 0.416 e. The SMILES string of the molecule is C[C@H](NS(=O)(=O)c1cc(C(F)(F)F)ccc1F)C(=O)O. The highest BCUT2D eigenvalue weighted by atomic mass is 32.2. The van der Waals surface area contributed by atoms with Crippen LogP contribution in [0.5, 0.6) is 0 Å². The average molecular weight is 315 g/mol. The molecule has 0 saturated heterocycles. The molecule has 0 fully saturated rings. The van der Waals surface area contributed by atoms with Crippen molar-refractivity contribution in [1.82, 2.24) is 4.72 Å². The van der Waals surface area contributed by atoms with E-state index in [-0.39, 0.29) is 6.07 Å².